The average molecular weight is 455 g/mol. The van der Waals surface area contributed by atoms with Gasteiger partial charge >= 0.3 is 5.97 Å². The number of hydrogen-bond acceptors (Lipinski definition) is 3. The molecular weight excluding hydrogens is 415 g/mol. The van der Waals surface area contributed by atoms with Crippen molar-refractivity contribution in [3.63, 3.8) is 0 Å². The molecule has 0 spiro atoms. The van der Waals surface area contributed by atoms with E-state index in [0.29, 0.717) is 28.6 Å². The summed E-state index contributed by atoms with van der Waals surface area (Å²) >= 11 is 0. The fraction of sp³-hybridized carbons (Fsp3) is 0.724. The third kappa shape index (κ3) is 3.67. The Morgan fingerprint density at radius 2 is 1.58 bits per heavy atom. The van der Waals surface area contributed by atoms with Crippen molar-refractivity contribution >= 4 is 11.8 Å². The number of carbonyl (C=O) groups excluding carboxylic acids is 2. The summed E-state index contributed by atoms with van der Waals surface area (Å²) < 4.78 is 19.3. The topological polar surface area (TPSA) is 43.4 Å². The van der Waals surface area contributed by atoms with Gasteiger partial charge in [0, 0.05) is 5.92 Å². The molecule has 4 fully saturated rings. The Balaban J connectivity index is 1.31. The lowest BCUT2D eigenvalue weighted by Gasteiger charge is -2.62. The lowest BCUT2D eigenvalue weighted by atomic mass is 9.44. The molecule has 4 heteroatoms. The molecule has 5 rings (SSSR count). The van der Waals surface area contributed by atoms with Gasteiger partial charge in [0.25, 0.3) is 0 Å². The minimum atomic E-state index is -0.460. The summed E-state index contributed by atoms with van der Waals surface area (Å²) in [5, 5.41) is 0. The van der Waals surface area contributed by atoms with Crippen LogP contribution in [0.4, 0.5) is 4.39 Å². The number of benzene rings is 1. The molecule has 1 aromatic carbocycles. The molecule has 0 radical (unpaired) electrons. The van der Waals surface area contributed by atoms with Crippen LogP contribution in [0, 0.1) is 46.2 Å². The molecule has 0 heterocycles. The number of halogens is 1. The summed E-state index contributed by atoms with van der Waals surface area (Å²) in [5.74, 6) is 2.68. The highest BCUT2D eigenvalue weighted by atomic mass is 19.1. The molecule has 0 N–H and O–H groups in total. The van der Waals surface area contributed by atoms with Crippen molar-refractivity contribution < 1.29 is 18.7 Å². The SMILES string of the molecule is CC(=O)[C@H]1CC[C@H]2[C@@H]3CC[C@H]4C[C@](C)(OC(=O)c5ccc(F)cc5)CC[C@]4(C)[C@H]3CC[C@]12C. The summed E-state index contributed by atoms with van der Waals surface area (Å²) in [4.78, 5) is 25.1. The molecule has 0 unspecified atom stereocenters. The van der Waals surface area contributed by atoms with E-state index >= 15 is 0 Å². The van der Waals surface area contributed by atoms with E-state index in [1.54, 1.807) is 6.92 Å². The fourth-order valence-corrected chi connectivity index (χ4v) is 9.05. The van der Waals surface area contributed by atoms with Crippen LogP contribution in [-0.2, 0) is 9.53 Å². The van der Waals surface area contributed by atoms with Gasteiger partial charge in [-0.1, -0.05) is 13.8 Å². The van der Waals surface area contributed by atoms with Crippen molar-refractivity contribution in [3.05, 3.63) is 35.6 Å². The molecule has 0 amide bonds. The predicted octanol–water partition coefficient (Wildman–Crippen LogP) is 6.99. The zero-order chi connectivity index (χ0) is 23.6. The van der Waals surface area contributed by atoms with E-state index in [4.69, 9.17) is 4.74 Å². The Kier molecular flexibility index (Phi) is 5.53. The smallest absolute Gasteiger partial charge is 0.338 e. The van der Waals surface area contributed by atoms with Crippen molar-refractivity contribution in [2.45, 2.75) is 91.1 Å². The van der Waals surface area contributed by atoms with E-state index < -0.39 is 5.60 Å². The van der Waals surface area contributed by atoms with Crippen LogP contribution in [0.3, 0.4) is 0 Å². The number of Topliss-reactive ketones (excluding diaryl/α,β-unsaturated/α-hetero) is 1. The second-order valence-corrected chi connectivity index (χ2v) is 12.5. The monoisotopic (exact) mass is 454 g/mol. The third-order valence-corrected chi connectivity index (χ3v) is 10.8. The number of fused-ring (bicyclic) bond motifs is 5. The molecule has 0 saturated heterocycles. The molecule has 0 aliphatic heterocycles. The fourth-order valence-electron chi connectivity index (χ4n) is 9.05. The first-order valence-corrected chi connectivity index (χ1v) is 13.1. The largest absolute Gasteiger partial charge is 0.456 e. The number of esters is 1. The van der Waals surface area contributed by atoms with Crippen LogP contribution in [0.1, 0.15) is 95.8 Å². The van der Waals surface area contributed by atoms with Crippen LogP contribution in [0.15, 0.2) is 24.3 Å². The van der Waals surface area contributed by atoms with E-state index in [0.717, 1.165) is 37.5 Å². The Morgan fingerprint density at radius 3 is 2.27 bits per heavy atom. The minimum absolute atomic E-state index is 0.198. The average Bonchev–Trinajstić information content (AvgIpc) is 3.12. The van der Waals surface area contributed by atoms with Crippen LogP contribution in [-0.4, -0.2) is 17.4 Å². The summed E-state index contributed by atoms with van der Waals surface area (Å²) in [7, 11) is 0. The number of ether oxygens (including phenoxy) is 1. The molecule has 0 aromatic heterocycles. The molecular formula is C29H39FO3. The molecule has 3 nitrogen and oxygen atoms in total. The number of carbonyl (C=O) groups is 2. The number of ketones is 1. The second-order valence-electron chi connectivity index (χ2n) is 12.5. The number of hydrogen-bond donors (Lipinski definition) is 0. The third-order valence-electron chi connectivity index (χ3n) is 10.8. The normalized spacial score (nSPS) is 44.3. The van der Waals surface area contributed by atoms with Crippen LogP contribution in [0.25, 0.3) is 0 Å². The van der Waals surface area contributed by atoms with Gasteiger partial charge in [0.1, 0.15) is 17.2 Å². The van der Waals surface area contributed by atoms with E-state index in [-0.39, 0.29) is 23.1 Å². The second kappa shape index (κ2) is 7.92. The van der Waals surface area contributed by atoms with Gasteiger partial charge in [-0.05, 0) is 130 Å². The molecule has 1 aromatic rings. The quantitative estimate of drug-likeness (QED) is 0.462. The maximum absolute atomic E-state index is 13.2. The van der Waals surface area contributed by atoms with Crippen LogP contribution in [0.2, 0.25) is 0 Å². The Hall–Kier alpha value is -1.71. The Labute approximate surface area is 197 Å². The van der Waals surface area contributed by atoms with Gasteiger partial charge in [0.05, 0.1) is 5.56 Å². The first-order valence-electron chi connectivity index (χ1n) is 13.1. The molecule has 0 bridgehead atoms. The van der Waals surface area contributed by atoms with Crippen molar-refractivity contribution in [1.82, 2.24) is 0 Å². The van der Waals surface area contributed by atoms with Crippen molar-refractivity contribution in [3.8, 4) is 0 Å². The lowest BCUT2D eigenvalue weighted by molar-refractivity contribution is -0.151. The van der Waals surface area contributed by atoms with Crippen LogP contribution in [0.5, 0.6) is 0 Å². The minimum Gasteiger partial charge on any atom is -0.456 e. The highest BCUT2D eigenvalue weighted by Gasteiger charge is 2.61. The molecule has 180 valence electrons. The molecule has 4 aliphatic carbocycles. The Bertz CT molecular complexity index is 941. The van der Waals surface area contributed by atoms with Crippen LogP contribution < -0.4 is 0 Å². The van der Waals surface area contributed by atoms with Crippen molar-refractivity contribution in [1.29, 1.82) is 0 Å². The first kappa shape index (κ1) is 23.1. The van der Waals surface area contributed by atoms with Gasteiger partial charge in [0.15, 0.2) is 0 Å². The summed E-state index contributed by atoms with van der Waals surface area (Å²) in [6.45, 7) is 8.81. The zero-order valence-corrected chi connectivity index (χ0v) is 20.7. The highest BCUT2D eigenvalue weighted by molar-refractivity contribution is 5.89. The van der Waals surface area contributed by atoms with E-state index in [9.17, 15) is 14.0 Å². The zero-order valence-electron chi connectivity index (χ0n) is 20.7. The molecule has 33 heavy (non-hydrogen) atoms. The molecule has 8 atom stereocenters. The summed E-state index contributed by atoms with van der Waals surface area (Å²) in [6.07, 6.45) is 10.0. The van der Waals surface area contributed by atoms with E-state index in [1.807, 2.05) is 0 Å². The predicted molar refractivity (Wildman–Crippen MR) is 126 cm³/mol. The van der Waals surface area contributed by atoms with Gasteiger partial charge in [0.2, 0.25) is 0 Å². The maximum Gasteiger partial charge on any atom is 0.338 e. The van der Waals surface area contributed by atoms with E-state index in [1.165, 1.54) is 56.4 Å². The standard InChI is InChI=1S/C29H39FO3/c1-18(31)23-11-12-24-22-10-7-20-17-27(2,33-26(32)19-5-8-21(30)9-6-19)15-16-28(20,3)25(22)13-14-29(23,24)4/h5-6,8-9,20,22-25H,7,10-17H2,1-4H3/t20-,22-,23+,24-,25-,27+,28-,29+/m0/s1. The van der Waals surface area contributed by atoms with Crippen molar-refractivity contribution in [2.24, 2.45) is 40.4 Å². The number of rotatable bonds is 3. The van der Waals surface area contributed by atoms with Crippen molar-refractivity contribution in [2.75, 3.05) is 0 Å². The highest BCUT2D eigenvalue weighted by Crippen LogP contribution is 2.68. The summed E-state index contributed by atoms with van der Waals surface area (Å²) in [5.41, 5.74) is 0.450. The lowest BCUT2D eigenvalue weighted by Crippen LogP contribution is -2.56. The van der Waals surface area contributed by atoms with Gasteiger partial charge in [-0.25, -0.2) is 9.18 Å². The molecule has 4 saturated carbocycles. The summed E-state index contributed by atoms with van der Waals surface area (Å²) in [6, 6.07) is 5.64. The van der Waals surface area contributed by atoms with Gasteiger partial charge < -0.3 is 4.74 Å². The Morgan fingerprint density at radius 1 is 0.879 bits per heavy atom. The van der Waals surface area contributed by atoms with Gasteiger partial charge in [-0.15, -0.1) is 0 Å². The maximum atomic E-state index is 13.2. The molecule has 4 aliphatic rings. The van der Waals surface area contributed by atoms with Gasteiger partial charge in [-0.2, -0.15) is 0 Å². The first-order chi connectivity index (χ1) is 15.6. The van der Waals surface area contributed by atoms with E-state index in [2.05, 4.69) is 20.8 Å². The van der Waals surface area contributed by atoms with Crippen LogP contribution >= 0.6 is 0 Å². The van der Waals surface area contributed by atoms with Gasteiger partial charge in [-0.3, -0.25) is 4.79 Å².